The van der Waals surface area contributed by atoms with Crippen LogP contribution >= 0.6 is 36.2 Å². The second-order valence-electron chi connectivity index (χ2n) is 6.40. The van der Waals surface area contributed by atoms with Gasteiger partial charge in [-0.05, 0) is 5.56 Å². The number of piperazine rings is 1. The van der Waals surface area contributed by atoms with Crippen LogP contribution in [0.5, 0.6) is 0 Å². The van der Waals surface area contributed by atoms with E-state index in [1.54, 1.807) is 12.4 Å². The van der Waals surface area contributed by atoms with Crippen molar-refractivity contribution in [2.75, 3.05) is 19.6 Å². The highest BCUT2D eigenvalue weighted by Gasteiger charge is 2.31. The van der Waals surface area contributed by atoms with E-state index in [1.807, 2.05) is 40.9 Å². The van der Waals surface area contributed by atoms with Crippen LogP contribution in [0.1, 0.15) is 32.1 Å². The number of hydrogen-bond acceptors (Lipinski definition) is 5. The van der Waals surface area contributed by atoms with Crippen LogP contribution in [-0.4, -0.2) is 45.0 Å². The molecule has 4 rings (SSSR count). The first-order chi connectivity index (χ1) is 12.7. The Balaban J connectivity index is 0.00000140. The minimum absolute atomic E-state index is 0. The summed E-state index contributed by atoms with van der Waals surface area (Å²) in [5, 5.41) is 4.33. The van der Waals surface area contributed by atoms with Gasteiger partial charge in [0.05, 0.1) is 11.2 Å². The molecule has 1 atom stereocenters. The van der Waals surface area contributed by atoms with Gasteiger partial charge in [0, 0.05) is 45.5 Å². The number of thiazole rings is 1. The van der Waals surface area contributed by atoms with Crippen LogP contribution in [0.3, 0.4) is 0 Å². The lowest BCUT2D eigenvalue weighted by molar-refractivity contribution is 0.0625. The quantitative estimate of drug-likeness (QED) is 0.678. The van der Waals surface area contributed by atoms with Crippen LogP contribution in [0.15, 0.2) is 48.9 Å². The maximum Gasteiger partial charge on any atom is 0.266 e. The molecule has 1 fully saturated rings. The topological polar surface area (TPSA) is 63.1 Å². The van der Waals surface area contributed by atoms with Crippen molar-refractivity contribution in [1.29, 1.82) is 0 Å². The second kappa shape index (κ2) is 10.0. The molecule has 1 N–H and O–H groups in total. The van der Waals surface area contributed by atoms with Gasteiger partial charge in [-0.15, -0.1) is 36.2 Å². The van der Waals surface area contributed by atoms with Crippen LogP contribution in [0.25, 0.3) is 0 Å². The summed E-state index contributed by atoms with van der Waals surface area (Å²) in [7, 11) is 1.96. The van der Waals surface area contributed by atoms with Crippen molar-refractivity contribution in [3.05, 3.63) is 70.2 Å². The zero-order valence-corrected chi connectivity index (χ0v) is 17.9. The first kappa shape index (κ1) is 22.4. The molecule has 9 heteroatoms. The third-order valence-electron chi connectivity index (χ3n) is 4.62. The molecule has 1 saturated heterocycles. The molecule has 1 aromatic carbocycles. The van der Waals surface area contributed by atoms with Crippen molar-refractivity contribution in [2.24, 2.45) is 7.05 Å². The van der Waals surface area contributed by atoms with Crippen molar-refractivity contribution in [2.45, 2.75) is 12.5 Å². The average Bonchev–Trinajstić information content (AvgIpc) is 3.31. The Morgan fingerprint density at radius 3 is 2.75 bits per heavy atom. The molecular weight excluding hydrogens is 417 g/mol. The van der Waals surface area contributed by atoms with Crippen molar-refractivity contribution >= 4 is 42.1 Å². The van der Waals surface area contributed by atoms with E-state index in [9.17, 15) is 4.79 Å². The fraction of sp³-hybridized carbons (Fsp3) is 0.316. The number of nitrogens with one attached hydrogen (secondary N) is 1. The van der Waals surface area contributed by atoms with Crippen LogP contribution < -0.4 is 5.32 Å². The largest absolute Gasteiger partial charge is 0.336 e. The normalized spacial score (nSPS) is 16.2. The number of aromatic nitrogens is 3. The molecule has 1 aliphatic heterocycles. The van der Waals surface area contributed by atoms with E-state index in [0.717, 1.165) is 23.8 Å². The summed E-state index contributed by atoms with van der Waals surface area (Å²) in [5.41, 5.74) is 1.20. The molecule has 0 spiro atoms. The van der Waals surface area contributed by atoms with Gasteiger partial charge >= 0.3 is 0 Å². The molecule has 28 heavy (non-hydrogen) atoms. The predicted octanol–water partition coefficient (Wildman–Crippen LogP) is 3.10. The summed E-state index contributed by atoms with van der Waals surface area (Å²) < 4.78 is 1.98. The number of halogens is 2. The fourth-order valence-electron chi connectivity index (χ4n) is 3.28. The van der Waals surface area contributed by atoms with E-state index in [0.29, 0.717) is 18.0 Å². The van der Waals surface area contributed by atoms with Crippen LogP contribution in [0.4, 0.5) is 0 Å². The molecule has 0 saturated carbocycles. The van der Waals surface area contributed by atoms with Gasteiger partial charge in [0.15, 0.2) is 0 Å². The van der Waals surface area contributed by atoms with Crippen LogP contribution in [0, 0.1) is 0 Å². The lowest BCUT2D eigenvalue weighted by Gasteiger charge is -2.35. The number of amides is 1. The Hall–Kier alpha value is -1.93. The predicted molar refractivity (Wildman–Crippen MR) is 116 cm³/mol. The summed E-state index contributed by atoms with van der Waals surface area (Å²) in [6, 6.07) is 10.1. The third kappa shape index (κ3) is 4.72. The number of hydrogen-bond donors (Lipinski definition) is 1. The van der Waals surface area contributed by atoms with Gasteiger partial charge in [-0.3, -0.25) is 4.79 Å². The molecule has 3 heterocycles. The standard InChI is InChI=1S/C19H21N5OS.2ClH/c1-23-9-8-21-18(23)15-12-20-7-10-24(15)19(25)16-13-22-17(26-16)11-14-5-3-2-4-6-14;;/h2-6,8-9,13,15,20H,7,10-12H2,1H3;2*1H. The molecule has 3 aromatic rings. The summed E-state index contributed by atoms with van der Waals surface area (Å²) in [5.74, 6) is 0.941. The van der Waals surface area contributed by atoms with Crippen molar-refractivity contribution in [1.82, 2.24) is 24.8 Å². The number of aryl methyl sites for hydroxylation is 1. The molecule has 1 unspecified atom stereocenters. The molecule has 1 aliphatic rings. The lowest BCUT2D eigenvalue weighted by Crippen LogP contribution is -2.49. The molecule has 0 radical (unpaired) electrons. The zero-order chi connectivity index (χ0) is 17.9. The van der Waals surface area contributed by atoms with E-state index in [4.69, 9.17) is 0 Å². The summed E-state index contributed by atoms with van der Waals surface area (Å²) in [6.45, 7) is 2.18. The monoisotopic (exact) mass is 439 g/mol. The lowest BCUT2D eigenvalue weighted by atomic mass is 10.1. The van der Waals surface area contributed by atoms with E-state index in [1.165, 1.54) is 16.9 Å². The van der Waals surface area contributed by atoms with Crippen molar-refractivity contribution in [3.8, 4) is 0 Å². The van der Waals surface area contributed by atoms with E-state index in [-0.39, 0.29) is 36.8 Å². The molecule has 6 nitrogen and oxygen atoms in total. The molecule has 150 valence electrons. The highest BCUT2D eigenvalue weighted by Crippen LogP contribution is 2.25. The number of benzene rings is 1. The SMILES string of the molecule is Cl.Cl.Cn1ccnc1C1CNCCN1C(=O)c1cnc(Cc2ccccc2)s1. The average molecular weight is 440 g/mol. The van der Waals surface area contributed by atoms with Gasteiger partial charge in [0.1, 0.15) is 16.7 Å². The number of carbonyl (C=O) groups is 1. The van der Waals surface area contributed by atoms with Gasteiger partial charge in [-0.25, -0.2) is 9.97 Å². The highest BCUT2D eigenvalue weighted by molar-refractivity contribution is 7.13. The maximum absolute atomic E-state index is 13.1. The summed E-state index contributed by atoms with van der Waals surface area (Å²) in [4.78, 5) is 24.6. The number of imidazole rings is 1. The zero-order valence-electron chi connectivity index (χ0n) is 15.4. The molecule has 0 bridgehead atoms. The third-order valence-corrected chi connectivity index (χ3v) is 5.61. The first-order valence-corrected chi connectivity index (χ1v) is 9.51. The molecular formula is C19H23Cl2N5OS. The molecule has 2 aromatic heterocycles. The first-order valence-electron chi connectivity index (χ1n) is 8.70. The Kier molecular flexibility index (Phi) is 8.00. The number of rotatable bonds is 4. The van der Waals surface area contributed by atoms with Gasteiger partial charge in [-0.2, -0.15) is 0 Å². The van der Waals surface area contributed by atoms with Crippen molar-refractivity contribution < 1.29 is 4.79 Å². The minimum Gasteiger partial charge on any atom is -0.336 e. The Bertz CT molecular complexity index is 899. The Morgan fingerprint density at radius 1 is 1.25 bits per heavy atom. The molecule has 1 amide bonds. The maximum atomic E-state index is 13.1. The molecule has 0 aliphatic carbocycles. The van der Waals surface area contributed by atoms with Gasteiger partial charge in [-0.1, -0.05) is 30.3 Å². The summed E-state index contributed by atoms with van der Waals surface area (Å²) >= 11 is 1.48. The smallest absolute Gasteiger partial charge is 0.266 e. The van der Waals surface area contributed by atoms with Crippen LogP contribution in [0.2, 0.25) is 0 Å². The second-order valence-corrected chi connectivity index (χ2v) is 7.51. The van der Waals surface area contributed by atoms with E-state index in [2.05, 4.69) is 27.4 Å². The van der Waals surface area contributed by atoms with Gasteiger partial charge in [0.2, 0.25) is 0 Å². The number of nitrogens with zero attached hydrogens (tertiary/aromatic N) is 4. The van der Waals surface area contributed by atoms with Crippen LogP contribution in [-0.2, 0) is 13.5 Å². The Morgan fingerprint density at radius 2 is 2.04 bits per heavy atom. The van der Waals surface area contributed by atoms with E-state index < -0.39 is 0 Å². The highest BCUT2D eigenvalue weighted by atomic mass is 35.5. The van der Waals surface area contributed by atoms with Crippen molar-refractivity contribution in [3.63, 3.8) is 0 Å². The Labute approximate surface area is 180 Å². The number of carbonyl (C=O) groups excluding carboxylic acids is 1. The van der Waals surface area contributed by atoms with Gasteiger partial charge < -0.3 is 14.8 Å². The summed E-state index contributed by atoms with van der Waals surface area (Å²) in [6.07, 6.45) is 6.15. The minimum atomic E-state index is -0.0593. The van der Waals surface area contributed by atoms with E-state index >= 15 is 0 Å². The van der Waals surface area contributed by atoms with Gasteiger partial charge in [0.25, 0.3) is 5.91 Å². The fourth-order valence-corrected chi connectivity index (χ4v) is 4.19.